The van der Waals surface area contributed by atoms with Crippen LogP contribution in [0.5, 0.6) is 5.75 Å². The first-order valence-electron chi connectivity index (χ1n) is 5.82. The summed E-state index contributed by atoms with van der Waals surface area (Å²) in [5, 5.41) is 9.55. The predicted molar refractivity (Wildman–Crippen MR) is 62.4 cm³/mol. The number of amides is 1. The molecule has 1 aromatic carbocycles. The molecule has 0 heterocycles. The molecule has 1 aliphatic carbocycles. The van der Waals surface area contributed by atoms with E-state index in [0.29, 0.717) is 12.5 Å². The second-order valence-electron chi connectivity index (χ2n) is 4.64. The molecule has 0 radical (unpaired) electrons. The normalized spacial score (nSPS) is 15.4. The van der Waals surface area contributed by atoms with E-state index < -0.39 is 5.82 Å². The summed E-state index contributed by atoms with van der Waals surface area (Å²) in [5.74, 6) is -0.450. The number of benzene rings is 1. The lowest BCUT2D eigenvalue weighted by Gasteiger charge is -2.30. The summed E-state index contributed by atoms with van der Waals surface area (Å²) in [6, 6.07) is 3.42. The van der Waals surface area contributed by atoms with E-state index in [2.05, 4.69) is 0 Å². The van der Waals surface area contributed by atoms with Gasteiger partial charge in [0.15, 0.2) is 0 Å². The Labute approximate surface area is 99.9 Å². The maximum atomic E-state index is 13.0. The van der Waals surface area contributed by atoms with Gasteiger partial charge in [-0.05, 0) is 37.0 Å². The molecule has 0 aromatic heterocycles. The van der Waals surface area contributed by atoms with E-state index in [1.54, 1.807) is 11.9 Å². The molecule has 1 amide bonds. The standard InChI is InChI=1S/C13H16FNO2/c1-15(8-9-3-2-4-9)13(17)11-7-10(14)5-6-12(11)16/h5-7,9,16H,2-4,8H2,1H3. The van der Waals surface area contributed by atoms with Gasteiger partial charge >= 0.3 is 0 Å². The highest BCUT2D eigenvalue weighted by Crippen LogP contribution is 2.28. The van der Waals surface area contributed by atoms with Gasteiger partial charge in [0, 0.05) is 13.6 Å². The van der Waals surface area contributed by atoms with Crippen LogP contribution in [-0.2, 0) is 0 Å². The second-order valence-corrected chi connectivity index (χ2v) is 4.64. The van der Waals surface area contributed by atoms with Crippen molar-refractivity contribution in [3.05, 3.63) is 29.6 Å². The number of hydrogen-bond donors (Lipinski definition) is 1. The van der Waals surface area contributed by atoms with Crippen LogP contribution in [0.2, 0.25) is 0 Å². The lowest BCUT2D eigenvalue weighted by Crippen LogP contribution is -2.34. The molecule has 0 saturated heterocycles. The fourth-order valence-corrected chi connectivity index (χ4v) is 2.03. The molecule has 17 heavy (non-hydrogen) atoms. The monoisotopic (exact) mass is 237 g/mol. The van der Waals surface area contributed by atoms with Crippen LogP contribution < -0.4 is 0 Å². The molecule has 0 bridgehead atoms. The zero-order valence-electron chi connectivity index (χ0n) is 9.82. The van der Waals surface area contributed by atoms with Crippen molar-refractivity contribution in [3.63, 3.8) is 0 Å². The maximum absolute atomic E-state index is 13.0. The number of rotatable bonds is 3. The molecule has 1 fully saturated rings. The zero-order chi connectivity index (χ0) is 12.4. The van der Waals surface area contributed by atoms with Gasteiger partial charge in [0.1, 0.15) is 11.6 Å². The van der Waals surface area contributed by atoms with Crippen molar-refractivity contribution in [2.24, 2.45) is 5.92 Å². The third-order valence-corrected chi connectivity index (χ3v) is 3.29. The first kappa shape index (κ1) is 11.9. The first-order chi connectivity index (χ1) is 8.08. The minimum absolute atomic E-state index is 0.0341. The van der Waals surface area contributed by atoms with Gasteiger partial charge in [0.2, 0.25) is 0 Å². The average Bonchev–Trinajstić information content (AvgIpc) is 2.25. The fraction of sp³-hybridized carbons (Fsp3) is 0.462. The van der Waals surface area contributed by atoms with E-state index in [9.17, 15) is 14.3 Å². The molecule has 2 rings (SSSR count). The highest BCUT2D eigenvalue weighted by molar-refractivity contribution is 5.96. The highest BCUT2D eigenvalue weighted by Gasteiger charge is 2.23. The largest absolute Gasteiger partial charge is 0.507 e. The quantitative estimate of drug-likeness (QED) is 0.877. The van der Waals surface area contributed by atoms with Crippen LogP contribution >= 0.6 is 0 Å². The zero-order valence-corrected chi connectivity index (χ0v) is 9.82. The van der Waals surface area contributed by atoms with E-state index in [1.807, 2.05) is 0 Å². The first-order valence-corrected chi connectivity index (χ1v) is 5.82. The summed E-state index contributed by atoms with van der Waals surface area (Å²) < 4.78 is 13.0. The minimum atomic E-state index is -0.511. The summed E-state index contributed by atoms with van der Waals surface area (Å²) in [6.07, 6.45) is 3.51. The van der Waals surface area contributed by atoms with Gasteiger partial charge < -0.3 is 10.0 Å². The fourth-order valence-electron chi connectivity index (χ4n) is 2.03. The molecule has 1 aliphatic rings. The van der Waals surface area contributed by atoms with E-state index in [1.165, 1.54) is 12.5 Å². The molecule has 4 heteroatoms. The summed E-state index contributed by atoms with van der Waals surface area (Å²) in [6.45, 7) is 0.675. The van der Waals surface area contributed by atoms with E-state index in [0.717, 1.165) is 25.0 Å². The molecule has 1 saturated carbocycles. The summed E-state index contributed by atoms with van der Waals surface area (Å²) in [5.41, 5.74) is 0.0341. The molecule has 3 nitrogen and oxygen atoms in total. The third kappa shape index (κ3) is 2.57. The summed E-state index contributed by atoms with van der Waals surface area (Å²) in [7, 11) is 1.69. The number of nitrogens with zero attached hydrogens (tertiary/aromatic N) is 1. The highest BCUT2D eigenvalue weighted by atomic mass is 19.1. The van der Waals surface area contributed by atoms with Gasteiger partial charge in [-0.2, -0.15) is 0 Å². The van der Waals surface area contributed by atoms with Gasteiger partial charge in [0.25, 0.3) is 5.91 Å². The molecular weight excluding hydrogens is 221 g/mol. The molecule has 1 N–H and O–H groups in total. The van der Waals surface area contributed by atoms with Crippen LogP contribution in [0.15, 0.2) is 18.2 Å². The number of carbonyl (C=O) groups excluding carboxylic acids is 1. The number of phenols is 1. The topological polar surface area (TPSA) is 40.5 Å². The number of halogens is 1. The van der Waals surface area contributed by atoms with Crippen molar-refractivity contribution in [3.8, 4) is 5.75 Å². The SMILES string of the molecule is CN(CC1CCC1)C(=O)c1cc(F)ccc1O. The molecule has 92 valence electrons. The summed E-state index contributed by atoms with van der Waals surface area (Å²) >= 11 is 0. The maximum Gasteiger partial charge on any atom is 0.257 e. The predicted octanol–water partition coefficient (Wildman–Crippen LogP) is 2.40. The van der Waals surface area contributed by atoms with E-state index >= 15 is 0 Å². The molecule has 0 spiro atoms. The minimum Gasteiger partial charge on any atom is -0.507 e. The van der Waals surface area contributed by atoms with Gasteiger partial charge in [0.05, 0.1) is 5.56 Å². The van der Waals surface area contributed by atoms with Crippen LogP contribution in [0.4, 0.5) is 4.39 Å². The van der Waals surface area contributed by atoms with E-state index in [-0.39, 0.29) is 17.2 Å². The lowest BCUT2D eigenvalue weighted by atomic mass is 9.85. The number of phenolic OH excluding ortho intramolecular Hbond substituents is 1. The molecule has 0 aliphatic heterocycles. The Morgan fingerprint density at radius 2 is 2.24 bits per heavy atom. The Hall–Kier alpha value is -1.58. The van der Waals surface area contributed by atoms with Gasteiger partial charge in [-0.1, -0.05) is 6.42 Å². The Morgan fingerprint density at radius 1 is 1.53 bits per heavy atom. The third-order valence-electron chi connectivity index (χ3n) is 3.29. The van der Waals surface area contributed by atoms with Crippen LogP contribution in [0.1, 0.15) is 29.6 Å². The number of hydrogen-bond acceptors (Lipinski definition) is 2. The van der Waals surface area contributed by atoms with E-state index in [4.69, 9.17) is 0 Å². The smallest absolute Gasteiger partial charge is 0.257 e. The summed E-state index contributed by atoms with van der Waals surface area (Å²) in [4.78, 5) is 13.5. The van der Waals surface area contributed by atoms with Crippen molar-refractivity contribution in [1.82, 2.24) is 4.90 Å². The van der Waals surface area contributed by atoms with Crippen LogP contribution in [0.25, 0.3) is 0 Å². The Kier molecular flexibility index (Phi) is 3.31. The van der Waals surface area contributed by atoms with Crippen LogP contribution in [0, 0.1) is 11.7 Å². The molecule has 0 atom stereocenters. The van der Waals surface area contributed by atoms with Gasteiger partial charge in [-0.25, -0.2) is 4.39 Å². The van der Waals surface area contributed by atoms with Gasteiger partial charge in [-0.15, -0.1) is 0 Å². The van der Waals surface area contributed by atoms with Crippen molar-refractivity contribution in [1.29, 1.82) is 0 Å². The molecule has 0 unspecified atom stereocenters. The lowest BCUT2D eigenvalue weighted by molar-refractivity contribution is 0.0741. The number of aromatic hydroxyl groups is 1. The van der Waals surface area contributed by atoms with Crippen LogP contribution in [0.3, 0.4) is 0 Å². The molecular formula is C13H16FNO2. The average molecular weight is 237 g/mol. The van der Waals surface area contributed by atoms with Crippen molar-refractivity contribution < 1.29 is 14.3 Å². The van der Waals surface area contributed by atoms with Crippen molar-refractivity contribution >= 4 is 5.91 Å². The Balaban J connectivity index is 2.09. The molecule has 1 aromatic rings. The number of carbonyl (C=O) groups is 1. The Bertz CT molecular complexity index is 429. The van der Waals surface area contributed by atoms with Crippen molar-refractivity contribution in [2.45, 2.75) is 19.3 Å². The van der Waals surface area contributed by atoms with Crippen LogP contribution in [-0.4, -0.2) is 29.5 Å². The second kappa shape index (κ2) is 4.73. The van der Waals surface area contributed by atoms with Gasteiger partial charge in [-0.3, -0.25) is 4.79 Å². The van der Waals surface area contributed by atoms with Crippen molar-refractivity contribution in [2.75, 3.05) is 13.6 Å². The Morgan fingerprint density at radius 3 is 2.82 bits per heavy atom.